The van der Waals surface area contributed by atoms with Gasteiger partial charge in [-0.25, -0.2) is 8.42 Å². The van der Waals surface area contributed by atoms with Gasteiger partial charge in [-0.2, -0.15) is 4.31 Å². The number of benzene rings is 1. The number of sulfonamides is 1. The van der Waals surface area contributed by atoms with Gasteiger partial charge in [-0.15, -0.1) is 11.3 Å². The second-order valence-corrected chi connectivity index (χ2v) is 10.00. The fourth-order valence-electron chi connectivity index (χ4n) is 2.91. The summed E-state index contributed by atoms with van der Waals surface area (Å²) >= 11 is 13.2. The minimum atomic E-state index is -3.78. The molecule has 0 radical (unpaired) electrons. The largest absolute Gasteiger partial charge is 0.366 e. The van der Waals surface area contributed by atoms with Gasteiger partial charge in [0.05, 0.1) is 17.1 Å². The van der Waals surface area contributed by atoms with Crippen LogP contribution in [0, 0.1) is 0 Å². The average Bonchev–Trinajstić information content (AvgIpc) is 3.12. The standard InChI is InChI=1S/C17H18Cl2N4O4S2/c18-11-1-2-13(19)14(9-11)29(26,27)23-6-4-22(5-7-23)10-15(24)21-17-12(16(20)25)3-8-28-17/h1-3,8-9H,4-7,10H2,(H2,20,25)(H,21,24). The molecule has 0 atom stereocenters. The SMILES string of the molecule is NC(=O)c1ccsc1NC(=O)CN1CCN(S(=O)(=O)c2cc(Cl)ccc2Cl)CC1. The van der Waals surface area contributed by atoms with E-state index in [1.165, 1.54) is 33.8 Å². The number of primary amides is 1. The third-order valence-corrected chi connectivity index (χ3v) is 7.84. The molecule has 0 unspecified atom stereocenters. The summed E-state index contributed by atoms with van der Waals surface area (Å²) < 4.78 is 27.0. The number of anilines is 1. The van der Waals surface area contributed by atoms with E-state index in [-0.39, 0.29) is 46.0 Å². The number of hydrogen-bond donors (Lipinski definition) is 2. The normalized spacial score (nSPS) is 15.9. The average molecular weight is 477 g/mol. The van der Waals surface area contributed by atoms with Crippen LogP contribution in [0.4, 0.5) is 5.00 Å². The molecule has 0 spiro atoms. The predicted molar refractivity (Wildman–Crippen MR) is 113 cm³/mol. The lowest BCUT2D eigenvalue weighted by atomic mass is 10.3. The summed E-state index contributed by atoms with van der Waals surface area (Å²) in [7, 11) is -3.78. The second kappa shape index (κ2) is 8.99. The van der Waals surface area contributed by atoms with Crippen LogP contribution in [0.1, 0.15) is 10.4 Å². The molecule has 1 aromatic carbocycles. The maximum Gasteiger partial charge on any atom is 0.251 e. The highest BCUT2D eigenvalue weighted by Crippen LogP contribution is 2.28. The highest BCUT2D eigenvalue weighted by Gasteiger charge is 2.31. The number of nitrogens with one attached hydrogen (secondary N) is 1. The monoisotopic (exact) mass is 476 g/mol. The number of nitrogens with zero attached hydrogens (tertiary/aromatic N) is 2. The van der Waals surface area contributed by atoms with E-state index in [0.29, 0.717) is 18.1 Å². The van der Waals surface area contributed by atoms with Crippen molar-refractivity contribution in [3.63, 3.8) is 0 Å². The number of piperazine rings is 1. The van der Waals surface area contributed by atoms with Crippen molar-refractivity contribution in [1.29, 1.82) is 0 Å². The number of halogens is 2. The molecule has 0 bridgehead atoms. The fourth-order valence-corrected chi connectivity index (χ4v) is 5.88. The first-order valence-corrected chi connectivity index (χ1v) is 11.6. The summed E-state index contributed by atoms with van der Waals surface area (Å²) in [6.45, 7) is 1.24. The Kier molecular flexibility index (Phi) is 6.82. The van der Waals surface area contributed by atoms with Crippen molar-refractivity contribution in [1.82, 2.24) is 9.21 Å². The molecule has 1 fully saturated rings. The Bertz CT molecular complexity index is 1030. The Labute approximate surface area is 182 Å². The molecule has 12 heteroatoms. The zero-order valence-electron chi connectivity index (χ0n) is 15.1. The van der Waals surface area contributed by atoms with Crippen molar-refractivity contribution in [2.75, 3.05) is 38.0 Å². The Morgan fingerprint density at radius 1 is 1.14 bits per heavy atom. The number of rotatable bonds is 6. The van der Waals surface area contributed by atoms with Gasteiger partial charge in [-0.3, -0.25) is 14.5 Å². The van der Waals surface area contributed by atoms with Gasteiger partial charge < -0.3 is 11.1 Å². The lowest BCUT2D eigenvalue weighted by molar-refractivity contribution is -0.117. The van der Waals surface area contributed by atoms with Gasteiger partial charge in [-0.05, 0) is 29.6 Å². The number of nitrogens with two attached hydrogens (primary N) is 1. The van der Waals surface area contributed by atoms with Gasteiger partial charge >= 0.3 is 0 Å². The molecule has 1 aliphatic rings. The van der Waals surface area contributed by atoms with Crippen LogP contribution < -0.4 is 11.1 Å². The topological polar surface area (TPSA) is 113 Å². The van der Waals surface area contributed by atoms with Crippen LogP contribution in [0.15, 0.2) is 34.5 Å². The molecule has 156 valence electrons. The van der Waals surface area contributed by atoms with E-state index in [1.54, 1.807) is 11.4 Å². The number of carbonyl (C=O) groups excluding carboxylic acids is 2. The molecular weight excluding hydrogens is 459 g/mol. The van der Waals surface area contributed by atoms with Gasteiger partial charge in [0.25, 0.3) is 5.91 Å². The van der Waals surface area contributed by atoms with Crippen LogP contribution in [0.2, 0.25) is 10.0 Å². The smallest absolute Gasteiger partial charge is 0.251 e. The first-order valence-electron chi connectivity index (χ1n) is 8.53. The van der Waals surface area contributed by atoms with E-state index in [0.717, 1.165) is 0 Å². The molecule has 1 saturated heterocycles. The molecule has 2 heterocycles. The van der Waals surface area contributed by atoms with Crippen LogP contribution in [0.3, 0.4) is 0 Å². The summed E-state index contributed by atoms with van der Waals surface area (Å²) in [4.78, 5) is 25.4. The van der Waals surface area contributed by atoms with Crippen molar-refractivity contribution in [3.8, 4) is 0 Å². The summed E-state index contributed by atoms with van der Waals surface area (Å²) in [5.41, 5.74) is 5.53. The Hall–Kier alpha value is -1.69. The van der Waals surface area contributed by atoms with Crippen molar-refractivity contribution in [3.05, 3.63) is 45.3 Å². The first-order chi connectivity index (χ1) is 13.7. The Morgan fingerprint density at radius 3 is 2.48 bits per heavy atom. The third-order valence-electron chi connectivity index (χ3n) is 4.39. The van der Waals surface area contributed by atoms with E-state index in [9.17, 15) is 18.0 Å². The summed E-state index contributed by atoms with van der Waals surface area (Å²) in [6.07, 6.45) is 0. The molecule has 0 aliphatic carbocycles. The molecular formula is C17H18Cl2N4O4S2. The maximum atomic E-state index is 12.8. The molecule has 8 nitrogen and oxygen atoms in total. The molecule has 1 aliphatic heterocycles. The van der Waals surface area contributed by atoms with Gasteiger partial charge in [-0.1, -0.05) is 23.2 Å². The van der Waals surface area contributed by atoms with Gasteiger partial charge in [0.15, 0.2) is 0 Å². The van der Waals surface area contributed by atoms with Crippen molar-refractivity contribution in [2.45, 2.75) is 4.90 Å². The van der Waals surface area contributed by atoms with Gasteiger partial charge in [0.2, 0.25) is 15.9 Å². The van der Waals surface area contributed by atoms with E-state index in [2.05, 4.69) is 5.32 Å². The second-order valence-electron chi connectivity index (χ2n) is 6.33. The minimum absolute atomic E-state index is 0.0328. The highest BCUT2D eigenvalue weighted by molar-refractivity contribution is 7.89. The van der Waals surface area contributed by atoms with E-state index in [1.807, 2.05) is 4.90 Å². The predicted octanol–water partition coefficient (Wildman–Crippen LogP) is 2.10. The fraction of sp³-hybridized carbons (Fsp3) is 0.294. The van der Waals surface area contributed by atoms with Crippen molar-refractivity contribution >= 4 is 61.4 Å². The quantitative estimate of drug-likeness (QED) is 0.662. The van der Waals surface area contributed by atoms with Crippen molar-refractivity contribution in [2.24, 2.45) is 5.73 Å². The van der Waals surface area contributed by atoms with Crippen LogP contribution in [0.5, 0.6) is 0 Å². The van der Waals surface area contributed by atoms with E-state index in [4.69, 9.17) is 28.9 Å². The van der Waals surface area contributed by atoms with Crippen LogP contribution in [-0.2, 0) is 14.8 Å². The molecule has 1 aromatic heterocycles. The summed E-state index contributed by atoms with van der Waals surface area (Å²) in [5.74, 6) is -0.913. The van der Waals surface area contributed by atoms with Crippen LogP contribution in [-0.4, -0.2) is 62.2 Å². The van der Waals surface area contributed by atoms with E-state index < -0.39 is 15.9 Å². The Balaban J connectivity index is 1.59. The first kappa shape index (κ1) is 22.0. The summed E-state index contributed by atoms with van der Waals surface area (Å²) in [6, 6.07) is 5.85. The zero-order chi connectivity index (χ0) is 21.2. The molecule has 2 aromatic rings. The third kappa shape index (κ3) is 5.08. The molecule has 3 N–H and O–H groups in total. The number of hydrogen-bond acceptors (Lipinski definition) is 6. The van der Waals surface area contributed by atoms with Gasteiger partial charge in [0.1, 0.15) is 9.90 Å². The number of amides is 2. The Morgan fingerprint density at radius 2 is 1.83 bits per heavy atom. The van der Waals surface area contributed by atoms with E-state index >= 15 is 0 Å². The molecule has 29 heavy (non-hydrogen) atoms. The van der Waals surface area contributed by atoms with Crippen molar-refractivity contribution < 1.29 is 18.0 Å². The zero-order valence-corrected chi connectivity index (χ0v) is 18.2. The van der Waals surface area contributed by atoms with Gasteiger partial charge in [0, 0.05) is 31.2 Å². The molecule has 0 saturated carbocycles. The highest BCUT2D eigenvalue weighted by atomic mass is 35.5. The molecule has 2 amide bonds. The maximum absolute atomic E-state index is 12.8. The van der Waals surface area contributed by atoms with Crippen LogP contribution >= 0.6 is 34.5 Å². The number of thiophene rings is 1. The lowest BCUT2D eigenvalue weighted by Crippen LogP contribution is -2.50. The minimum Gasteiger partial charge on any atom is -0.366 e. The summed E-state index contributed by atoms with van der Waals surface area (Å²) in [5, 5.41) is 5.14. The number of carbonyl (C=O) groups is 2. The lowest BCUT2D eigenvalue weighted by Gasteiger charge is -2.33. The van der Waals surface area contributed by atoms with Crippen LogP contribution in [0.25, 0.3) is 0 Å². The molecule has 3 rings (SSSR count).